The van der Waals surface area contributed by atoms with Crippen LogP contribution in [0.15, 0.2) is 18.6 Å². The average molecular weight is 368 g/mol. The molecule has 2 aromatic heterocycles. The first kappa shape index (κ1) is 17.6. The maximum absolute atomic E-state index is 12.6. The van der Waals surface area contributed by atoms with Crippen LogP contribution in [0.25, 0.3) is 0 Å². The van der Waals surface area contributed by atoms with Crippen molar-refractivity contribution in [3.05, 3.63) is 41.5 Å². The molecule has 3 heterocycles. The summed E-state index contributed by atoms with van der Waals surface area (Å²) in [6.45, 7) is 7.58. The van der Waals surface area contributed by atoms with Gasteiger partial charge in [-0.1, -0.05) is 6.92 Å². The first-order valence-electron chi connectivity index (χ1n) is 9.37. The van der Waals surface area contributed by atoms with Crippen LogP contribution in [-0.4, -0.2) is 42.8 Å². The molecule has 0 aromatic carbocycles. The van der Waals surface area contributed by atoms with E-state index in [9.17, 15) is 9.59 Å². The van der Waals surface area contributed by atoms with Crippen LogP contribution in [0.4, 0.5) is 0 Å². The van der Waals surface area contributed by atoms with Crippen molar-refractivity contribution < 1.29 is 9.59 Å². The van der Waals surface area contributed by atoms with Gasteiger partial charge in [-0.05, 0) is 26.2 Å². The number of rotatable bonds is 4. The molecule has 0 bridgehead atoms. The van der Waals surface area contributed by atoms with Crippen LogP contribution in [0.5, 0.6) is 0 Å². The number of aryl methyl sites for hydroxylation is 1. The lowest BCUT2D eigenvalue weighted by molar-refractivity contribution is -0.136. The zero-order valence-corrected chi connectivity index (χ0v) is 15.8. The number of carbonyl (C=O) groups excluding carboxylic acids is 2. The molecule has 1 fully saturated rings. The van der Waals surface area contributed by atoms with E-state index in [4.69, 9.17) is 0 Å². The fourth-order valence-corrected chi connectivity index (χ4v) is 3.55. The molecule has 2 aliphatic rings. The van der Waals surface area contributed by atoms with E-state index in [2.05, 4.69) is 27.2 Å². The minimum atomic E-state index is -0.250. The predicted octanol–water partition coefficient (Wildman–Crippen LogP) is 1.47. The molecule has 4 rings (SSSR count). The fraction of sp³-hybridized carbons (Fsp3) is 0.526. The molecule has 8 heteroatoms. The van der Waals surface area contributed by atoms with Crippen LogP contribution >= 0.6 is 0 Å². The summed E-state index contributed by atoms with van der Waals surface area (Å²) in [5, 5.41) is 2.83. The predicted molar refractivity (Wildman–Crippen MR) is 97.6 cm³/mol. The second-order valence-corrected chi connectivity index (χ2v) is 7.54. The lowest BCUT2D eigenvalue weighted by Crippen LogP contribution is -2.42. The van der Waals surface area contributed by atoms with Gasteiger partial charge in [0, 0.05) is 31.4 Å². The van der Waals surface area contributed by atoms with E-state index in [-0.39, 0.29) is 23.8 Å². The number of aromatic nitrogens is 4. The van der Waals surface area contributed by atoms with E-state index in [0.717, 1.165) is 17.9 Å². The highest BCUT2D eigenvalue weighted by atomic mass is 16.2. The van der Waals surface area contributed by atoms with Gasteiger partial charge in [-0.3, -0.25) is 19.6 Å². The Hall–Kier alpha value is -2.77. The largest absolute Gasteiger partial charge is 0.345 e. The van der Waals surface area contributed by atoms with E-state index in [1.54, 1.807) is 18.6 Å². The highest BCUT2D eigenvalue weighted by Crippen LogP contribution is 2.41. The van der Waals surface area contributed by atoms with Gasteiger partial charge < -0.3 is 14.8 Å². The highest BCUT2D eigenvalue weighted by Gasteiger charge is 2.44. The summed E-state index contributed by atoms with van der Waals surface area (Å²) in [6, 6.07) is -0.122. The second kappa shape index (κ2) is 6.75. The topological polar surface area (TPSA) is 93.0 Å². The number of amides is 2. The Labute approximate surface area is 158 Å². The Bertz CT molecular complexity index is 875. The Kier molecular flexibility index (Phi) is 4.41. The normalized spacial score (nSPS) is 23.7. The maximum Gasteiger partial charge on any atom is 0.271 e. The number of nitrogens with one attached hydrogen (secondary N) is 1. The summed E-state index contributed by atoms with van der Waals surface area (Å²) in [5.74, 6) is 1.38. The van der Waals surface area contributed by atoms with E-state index in [1.165, 1.54) is 0 Å². The van der Waals surface area contributed by atoms with Crippen LogP contribution < -0.4 is 5.32 Å². The van der Waals surface area contributed by atoms with Gasteiger partial charge in [0.2, 0.25) is 5.91 Å². The van der Waals surface area contributed by atoms with Gasteiger partial charge in [0.25, 0.3) is 5.91 Å². The molecule has 8 nitrogen and oxygen atoms in total. The van der Waals surface area contributed by atoms with Gasteiger partial charge in [-0.2, -0.15) is 0 Å². The average Bonchev–Trinajstić information content (AvgIpc) is 3.22. The molecule has 2 aromatic rings. The molecule has 1 saturated carbocycles. The molecule has 0 saturated heterocycles. The van der Waals surface area contributed by atoms with E-state index in [0.29, 0.717) is 36.9 Å². The van der Waals surface area contributed by atoms with Crippen molar-refractivity contribution >= 4 is 11.8 Å². The number of fused-ring (bicyclic) bond motifs is 1. The van der Waals surface area contributed by atoms with Crippen molar-refractivity contribution in [1.29, 1.82) is 0 Å². The molecule has 0 spiro atoms. The van der Waals surface area contributed by atoms with Crippen molar-refractivity contribution in [3.8, 4) is 0 Å². The monoisotopic (exact) mass is 368 g/mol. The third-order valence-corrected chi connectivity index (χ3v) is 5.44. The standard InChI is InChI=1S/C19H24N6O2/c1-11-6-15(11)19(27)25-5-4-24-10-16(23-17(24)13(25)3)18(26)22-9-14-8-20-12(2)7-21-14/h7-8,10-11,13,15H,4-6,9H2,1-3H3,(H,22,26). The maximum atomic E-state index is 12.6. The lowest BCUT2D eigenvalue weighted by Gasteiger charge is -2.34. The summed E-state index contributed by atoms with van der Waals surface area (Å²) >= 11 is 0. The first-order valence-corrected chi connectivity index (χ1v) is 9.37. The number of imidazole rings is 1. The third kappa shape index (κ3) is 3.43. The van der Waals surface area contributed by atoms with Gasteiger partial charge in [0.15, 0.2) is 0 Å². The first-order chi connectivity index (χ1) is 12.9. The molecule has 142 valence electrons. The van der Waals surface area contributed by atoms with Crippen molar-refractivity contribution in [2.45, 2.75) is 46.3 Å². The molecular formula is C19H24N6O2. The number of nitrogens with zero attached hydrogens (tertiary/aromatic N) is 5. The van der Waals surface area contributed by atoms with E-state index >= 15 is 0 Å². The van der Waals surface area contributed by atoms with Crippen LogP contribution in [0.3, 0.4) is 0 Å². The Morgan fingerprint density at radius 3 is 2.67 bits per heavy atom. The minimum Gasteiger partial charge on any atom is -0.345 e. The molecule has 1 aliphatic carbocycles. The summed E-state index contributed by atoms with van der Waals surface area (Å²) in [6.07, 6.45) is 6.07. The van der Waals surface area contributed by atoms with Crippen LogP contribution in [-0.2, 0) is 17.9 Å². The Balaban J connectivity index is 1.43. The molecular weight excluding hydrogens is 344 g/mol. The Morgan fingerprint density at radius 2 is 2.00 bits per heavy atom. The molecule has 1 aliphatic heterocycles. The number of hydrogen-bond donors (Lipinski definition) is 1. The summed E-state index contributed by atoms with van der Waals surface area (Å²) < 4.78 is 1.98. The lowest BCUT2D eigenvalue weighted by atomic mass is 10.1. The highest BCUT2D eigenvalue weighted by molar-refractivity contribution is 5.92. The molecule has 27 heavy (non-hydrogen) atoms. The van der Waals surface area contributed by atoms with Crippen molar-refractivity contribution in [2.24, 2.45) is 11.8 Å². The fourth-order valence-electron chi connectivity index (χ4n) is 3.55. The summed E-state index contributed by atoms with van der Waals surface area (Å²) in [5.41, 5.74) is 1.90. The SMILES string of the molecule is Cc1cnc(CNC(=O)c2cn3c(n2)C(C)N(C(=O)C2CC2C)CC3)cn1. The van der Waals surface area contributed by atoms with Gasteiger partial charge >= 0.3 is 0 Å². The molecule has 2 amide bonds. The summed E-state index contributed by atoms with van der Waals surface area (Å²) in [7, 11) is 0. The van der Waals surface area contributed by atoms with Crippen molar-refractivity contribution in [3.63, 3.8) is 0 Å². The van der Waals surface area contributed by atoms with Crippen molar-refractivity contribution in [1.82, 2.24) is 29.7 Å². The van der Waals surface area contributed by atoms with E-state index in [1.807, 2.05) is 23.3 Å². The minimum absolute atomic E-state index is 0.122. The van der Waals surface area contributed by atoms with Crippen molar-refractivity contribution in [2.75, 3.05) is 6.54 Å². The van der Waals surface area contributed by atoms with Crippen LogP contribution in [0.2, 0.25) is 0 Å². The van der Waals surface area contributed by atoms with Gasteiger partial charge in [-0.15, -0.1) is 0 Å². The number of hydrogen-bond acceptors (Lipinski definition) is 5. The number of carbonyl (C=O) groups is 2. The van der Waals surface area contributed by atoms with E-state index < -0.39 is 0 Å². The van der Waals surface area contributed by atoms with Gasteiger partial charge in [-0.25, -0.2) is 4.98 Å². The zero-order valence-electron chi connectivity index (χ0n) is 15.8. The van der Waals surface area contributed by atoms with Gasteiger partial charge in [0.05, 0.1) is 30.2 Å². The quantitative estimate of drug-likeness (QED) is 0.882. The van der Waals surface area contributed by atoms with Crippen LogP contribution in [0, 0.1) is 18.8 Å². The Morgan fingerprint density at radius 1 is 1.22 bits per heavy atom. The second-order valence-electron chi connectivity index (χ2n) is 7.54. The molecule has 0 radical (unpaired) electrons. The molecule has 3 unspecified atom stereocenters. The smallest absolute Gasteiger partial charge is 0.271 e. The summed E-state index contributed by atoms with van der Waals surface area (Å²) in [4.78, 5) is 39.9. The third-order valence-electron chi connectivity index (χ3n) is 5.44. The van der Waals surface area contributed by atoms with Gasteiger partial charge in [0.1, 0.15) is 11.5 Å². The molecule has 1 N–H and O–H groups in total. The molecule has 3 atom stereocenters. The van der Waals surface area contributed by atoms with Crippen LogP contribution in [0.1, 0.15) is 54.0 Å². The zero-order chi connectivity index (χ0) is 19.1.